The number of ether oxygens (including phenoxy) is 1. The summed E-state index contributed by atoms with van der Waals surface area (Å²) in [5.41, 5.74) is 2.75. The minimum Gasteiger partial charge on any atom is -0.493 e. The topological polar surface area (TPSA) is 29.5 Å². The Morgan fingerprint density at radius 1 is 1.35 bits per heavy atom. The van der Waals surface area contributed by atoms with E-state index in [1.54, 1.807) is 0 Å². The van der Waals surface area contributed by atoms with E-state index in [0.29, 0.717) is 5.92 Å². The molecule has 0 radical (unpaired) electrons. The van der Waals surface area contributed by atoms with Gasteiger partial charge in [0.1, 0.15) is 5.75 Å². The van der Waals surface area contributed by atoms with Crippen molar-refractivity contribution in [3.63, 3.8) is 0 Å². The molecule has 2 nitrogen and oxygen atoms in total. The van der Waals surface area contributed by atoms with Crippen LogP contribution in [0.1, 0.15) is 37.8 Å². The first-order valence-electron chi connectivity index (χ1n) is 6.58. The van der Waals surface area contributed by atoms with Crippen LogP contribution < -0.4 is 4.74 Å². The molecule has 17 heavy (non-hydrogen) atoms. The average Bonchev–Trinajstić information content (AvgIpc) is 2.72. The molecule has 1 aliphatic heterocycles. The molecular weight excluding hydrogens is 212 g/mol. The quantitative estimate of drug-likeness (QED) is 0.848. The van der Waals surface area contributed by atoms with E-state index in [9.17, 15) is 5.11 Å². The predicted molar refractivity (Wildman–Crippen MR) is 69.4 cm³/mol. The van der Waals surface area contributed by atoms with E-state index in [1.165, 1.54) is 11.1 Å². The van der Waals surface area contributed by atoms with Crippen LogP contribution in [0.4, 0.5) is 0 Å². The van der Waals surface area contributed by atoms with Gasteiger partial charge in [-0.25, -0.2) is 0 Å². The van der Waals surface area contributed by atoms with Crippen LogP contribution in [0.15, 0.2) is 18.2 Å². The Morgan fingerprint density at radius 2 is 2.18 bits per heavy atom. The number of hydrogen-bond acceptors (Lipinski definition) is 2. The van der Waals surface area contributed by atoms with E-state index in [2.05, 4.69) is 25.1 Å². The Labute approximate surface area is 104 Å². The summed E-state index contributed by atoms with van der Waals surface area (Å²) in [6, 6.07) is 6.54. The Balaban J connectivity index is 1.87. The molecule has 2 rings (SSSR count). The van der Waals surface area contributed by atoms with Crippen LogP contribution in [0.3, 0.4) is 0 Å². The van der Waals surface area contributed by atoms with Gasteiger partial charge >= 0.3 is 0 Å². The SMILES string of the molecule is CC(O)CC(C)CCc1ccc2c(c1)CCO2. The molecule has 0 bridgehead atoms. The maximum atomic E-state index is 9.33. The van der Waals surface area contributed by atoms with Crippen molar-refractivity contribution in [2.24, 2.45) is 5.92 Å². The second-order valence-corrected chi connectivity index (χ2v) is 5.27. The van der Waals surface area contributed by atoms with E-state index in [-0.39, 0.29) is 6.10 Å². The molecular formula is C15H22O2. The number of aliphatic hydroxyl groups is 1. The van der Waals surface area contributed by atoms with E-state index >= 15 is 0 Å². The highest BCUT2D eigenvalue weighted by Gasteiger charge is 2.12. The van der Waals surface area contributed by atoms with Gasteiger partial charge in [0.05, 0.1) is 12.7 Å². The highest BCUT2D eigenvalue weighted by Crippen LogP contribution is 2.26. The molecule has 0 saturated heterocycles. The molecule has 0 aromatic heterocycles. The average molecular weight is 234 g/mol. The van der Waals surface area contributed by atoms with Crippen LogP contribution in [0, 0.1) is 5.92 Å². The summed E-state index contributed by atoms with van der Waals surface area (Å²) >= 11 is 0. The zero-order chi connectivity index (χ0) is 12.3. The lowest BCUT2D eigenvalue weighted by molar-refractivity contribution is 0.162. The lowest BCUT2D eigenvalue weighted by atomic mass is 9.95. The van der Waals surface area contributed by atoms with Crippen LogP contribution in [-0.2, 0) is 12.8 Å². The zero-order valence-corrected chi connectivity index (χ0v) is 10.8. The fourth-order valence-electron chi connectivity index (χ4n) is 2.51. The molecule has 0 fully saturated rings. The van der Waals surface area contributed by atoms with Crippen molar-refractivity contribution in [3.8, 4) is 5.75 Å². The minimum absolute atomic E-state index is 0.182. The number of fused-ring (bicyclic) bond motifs is 1. The maximum Gasteiger partial charge on any atom is 0.122 e. The van der Waals surface area contributed by atoms with Gasteiger partial charge in [0.2, 0.25) is 0 Å². The first-order chi connectivity index (χ1) is 8.15. The Morgan fingerprint density at radius 3 is 2.94 bits per heavy atom. The van der Waals surface area contributed by atoms with Crippen LogP contribution in [-0.4, -0.2) is 17.8 Å². The first-order valence-corrected chi connectivity index (χ1v) is 6.58. The summed E-state index contributed by atoms with van der Waals surface area (Å²) in [7, 11) is 0. The van der Waals surface area contributed by atoms with Gasteiger partial charge in [-0.1, -0.05) is 19.1 Å². The molecule has 94 valence electrons. The number of hydrogen-bond donors (Lipinski definition) is 1. The van der Waals surface area contributed by atoms with Gasteiger partial charge < -0.3 is 9.84 Å². The third kappa shape index (κ3) is 3.47. The second-order valence-electron chi connectivity index (χ2n) is 5.27. The number of aryl methyl sites for hydroxylation is 1. The normalized spacial score (nSPS) is 17.4. The molecule has 2 unspecified atom stereocenters. The Kier molecular flexibility index (Phi) is 4.06. The lowest BCUT2D eigenvalue weighted by Crippen LogP contribution is -2.08. The van der Waals surface area contributed by atoms with Crippen molar-refractivity contribution in [2.45, 2.75) is 45.6 Å². The number of benzene rings is 1. The summed E-state index contributed by atoms with van der Waals surface area (Å²) in [5, 5.41) is 9.33. The summed E-state index contributed by atoms with van der Waals surface area (Å²) in [6.45, 7) is 4.91. The summed E-state index contributed by atoms with van der Waals surface area (Å²) < 4.78 is 5.50. The monoisotopic (exact) mass is 234 g/mol. The van der Waals surface area contributed by atoms with Gasteiger partial charge in [-0.05, 0) is 49.3 Å². The smallest absolute Gasteiger partial charge is 0.122 e. The first kappa shape index (κ1) is 12.4. The molecule has 2 heteroatoms. The van der Waals surface area contributed by atoms with Crippen LogP contribution in [0.2, 0.25) is 0 Å². The molecule has 1 aromatic carbocycles. The highest BCUT2D eigenvalue weighted by molar-refractivity contribution is 5.39. The number of rotatable bonds is 5. The van der Waals surface area contributed by atoms with Gasteiger partial charge in [0.25, 0.3) is 0 Å². The summed E-state index contributed by atoms with van der Waals surface area (Å²) in [4.78, 5) is 0. The molecule has 0 amide bonds. The van der Waals surface area contributed by atoms with Crippen molar-refractivity contribution in [1.82, 2.24) is 0 Å². The standard InChI is InChI=1S/C15H22O2/c1-11(9-12(2)16)3-4-13-5-6-15-14(10-13)7-8-17-15/h5-6,10-12,16H,3-4,7-9H2,1-2H3. The maximum absolute atomic E-state index is 9.33. The van der Waals surface area contributed by atoms with E-state index < -0.39 is 0 Å². The largest absolute Gasteiger partial charge is 0.493 e. The molecule has 1 N–H and O–H groups in total. The fourth-order valence-corrected chi connectivity index (χ4v) is 2.51. The molecule has 0 aliphatic carbocycles. The molecule has 0 spiro atoms. The molecule has 2 atom stereocenters. The Hall–Kier alpha value is -1.02. The summed E-state index contributed by atoms with van der Waals surface area (Å²) in [6.07, 6.45) is 4.00. The van der Waals surface area contributed by atoms with Gasteiger partial charge in [-0.2, -0.15) is 0 Å². The molecule has 0 saturated carbocycles. The zero-order valence-electron chi connectivity index (χ0n) is 10.8. The molecule has 1 heterocycles. The Bertz CT molecular complexity index is 371. The van der Waals surface area contributed by atoms with Crippen molar-refractivity contribution >= 4 is 0 Å². The second kappa shape index (κ2) is 5.54. The van der Waals surface area contributed by atoms with Crippen molar-refractivity contribution in [2.75, 3.05) is 6.61 Å². The van der Waals surface area contributed by atoms with E-state index in [1.807, 2.05) is 6.92 Å². The van der Waals surface area contributed by atoms with Gasteiger partial charge in [-0.3, -0.25) is 0 Å². The van der Waals surface area contributed by atoms with Gasteiger partial charge in [-0.15, -0.1) is 0 Å². The van der Waals surface area contributed by atoms with Gasteiger partial charge in [0, 0.05) is 6.42 Å². The predicted octanol–water partition coefficient (Wildman–Crippen LogP) is 2.96. The van der Waals surface area contributed by atoms with Crippen molar-refractivity contribution in [3.05, 3.63) is 29.3 Å². The van der Waals surface area contributed by atoms with Crippen LogP contribution >= 0.6 is 0 Å². The fraction of sp³-hybridized carbons (Fsp3) is 0.600. The third-order valence-corrected chi connectivity index (χ3v) is 3.42. The van der Waals surface area contributed by atoms with Crippen LogP contribution in [0.5, 0.6) is 5.75 Å². The highest BCUT2D eigenvalue weighted by atomic mass is 16.5. The van der Waals surface area contributed by atoms with Gasteiger partial charge in [0.15, 0.2) is 0 Å². The third-order valence-electron chi connectivity index (χ3n) is 3.42. The molecule has 1 aromatic rings. The minimum atomic E-state index is -0.182. The van der Waals surface area contributed by atoms with Crippen LogP contribution in [0.25, 0.3) is 0 Å². The summed E-state index contributed by atoms with van der Waals surface area (Å²) in [5.74, 6) is 1.64. The van der Waals surface area contributed by atoms with Crippen molar-refractivity contribution in [1.29, 1.82) is 0 Å². The molecule has 1 aliphatic rings. The van der Waals surface area contributed by atoms with Crippen molar-refractivity contribution < 1.29 is 9.84 Å². The van der Waals surface area contributed by atoms with E-state index in [4.69, 9.17) is 4.74 Å². The number of aliphatic hydroxyl groups excluding tert-OH is 1. The lowest BCUT2D eigenvalue weighted by Gasteiger charge is -2.13. The van der Waals surface area contributed by atoms with E-state index in [0.717, 1.165) is 38.0 Å².